The van der Waals surface area contributed by atoms with E-state index in [9.17, 15) is 0 Å². The van der Waals surface area contributed by atoms with Gasteiger partial charge < -0.3 is 9.88 Å². The van der Waals surface area contributed by atoms with Crippen molar-refractivity contribution >= 4 is 5.69 Å². The molecule has 0 radical (unpaired) electrons. The number of anilines is 1. The Labute approximate surface area is 85.0 Å². The molecule has 0 spiro atoms. The van der Waals surface area contributed by atoms with Crippen molar-refractivity contribution in [1.82, 2.24) is 9.88 Å². The van der Waals surface area contributed by atoms with Crippen molar-refractivity contribution < 1.29 is 0 Å². The van der Waals surface area contributed by atoms with Gasteiger partial charge in [-0.3, -0.25) is 4.90 Å². The number of nitrogens with one attached hydrogen (secondary N) is 1. The van der Waals surface area contributed by atoms with Crippen LogP contribution in [-0.4, -0.2) is 42.6 Å². The fourth-order valence-electron chi connectivity index (χ4n) is 1.88. The van der Waals surface area contributed by atoms with E-state index in [0.29, 0.717) is 0 Å². The van der Waals surface area contributed by atoms with Crippen molar-refractivity contribution in [1.29, 1.82) is 0 Å². The molecule has 0 amide bonds. The van der Waals surface area contributed by atoms with Crippen molar-refractivity contribution in [3.8, 4) is 0 Å². The number of piperazine rings is 1. The average Bonchev–Trinajstić information content (AvgIpc) is 2.72. The summed E-state index contributed by atoms with van der Waals surface area (Å²) >= 11 is 0. The quantitative estimate of drug-likeness (QED) is 0.728. The maximum Gasteiger partial charge on any atom is 0.0544 e. The van der Waals surface area contributed by atoms with Crippen LogP contribution >= 0.6 is 0 Å². The van der Waals surface area contributed by atoms with Gasteiger partial charge in [0, 0.05) is 45.1 Å². The minimum Gasteiger partial charge on any atom is -0.368 e. The Bertz CT molecular complexity index is 271. The summed E-state index contributed by atoms with van der Waals surface area (Å²) in [6.07, 6.45) is 6.01. The molecule has 0 saturated carbocycles. The van der Waals surface area contributed by atoms with Gasteiger partial charge in [0.25, 0.3) is 0 Å². The second-order valence-electron chi connectivity index (χ2n) is 3.65. The number of hydrogen-bond acceptors (Lipinski definition) is 2. The number of H-pyrrole nitrogens is 1. The number of hydrogen-bond donors (Lipinski definition) is 1. The molecule has 1 aromatic heterocycles. The van der Waals surface area contributed by atoms with Gasteiger partial charge >= 0.3 is 0 Å². The zero-order chi connectivity index (χ0) is 9.80. The predicted octanol–water partition coefficient (Wildman–Crippen LogP) is 1.32. The SMILES string of the molecule is C=CCN1CCN(c2cc[nH]c2)CC1. The molecule has 0 aliphatic carbocycles. The van der Waals surface area contributed by atoms with Gasteiger partial charge in [-0.15, -0.1) is 6.58 Å². The van der Waals surface area contributed by atoms with Crippen LogP contribution in [0.3, 0.4) is 0 Å². The number of aromatic nitrogens is 1. The van der Waals surface area contributed by atoms with Crippen molar-refractivity contribution in [3.05, 3.63) is 31.1 Å². The van der Waals surface area contributed by atoms with E-state index in [2.05, 4.69) is 33.6 Å². The molecule has 2 rings (SSSR count). The van der Waals surface area contributed by atoms with Crippen LogP contribution < -0.4 is 4.90 Å². The van der Waals surface area contributed by atoms with Crippen LogP contribution in [0, 0.1) is 0 Å². The summed E-state index contributed by atoms with van der Waals surface area (Å²) in [4.78, 5) is 7.93. The molecular weight excluding hydrogens is 174 g/mol. The average molecular weight is 191 g/mol. The summed E-state index contributed by atoms with van der Waals surface area (Å²) in [5.74, 6) is 0. The Morgan fingerprint density at radius 1 is 1.36 bits per heavy atom. The molecule has 3 heteroatoms. The monoisotopic (exact) mass is 191 g/mol. The van der Waals surface area contributed by atoms with Gasteiger partial charge in [-0.05, 0) is 6.07 Å². The second-order valence-corrected chi connectivity index (χ2v) is 3.65. The molecule has 1 aromatic rings. The Morgan fingerprint density at radius 2 is 2.14 bits per heavy atom. The molecule has 1 fully saturated rings. The highest BCUT2D eigenvalue weighted by atomic mass is 15.3. The Morgan fingerprint density at radius 3 is 2.71 bits per heavy atom. The lowest BCUT2D eigenvalue weighted by atomic mass is 10.3. The maximum atomic E-state index is 3.76. The minimum absolute atomic E-state index is 1.01. The van der Waals surface area contributed by atoms with Gasteiger partial charge in [0.1, 0.15) is 0 Å². The largest absolute Gasteiger partial charge is 0.368 e. The first-order chi connectivity index (χ1) is 6.90. The lowest BCUT2D eigenvalue weighted by Gasteiger charge is -2.34. The Balaban J connectivity index is 1.87. The standard InChI is InChI=1S/C11H17N3/c1-2-5-13-6-8-14(9-7-13)11-3-4-12-10-11/h2-4,10,12H,1,5-9H2. The fourth-order valence-corrected chi connectivity index (χ4v) is 1.88. The highest BCUT2D eigenvalue weighted by Crippen LogP contribution is 2.14. The molecule has 0 aromatic carbocycles. The molecule has 76 valence electrons. The molecule has 14 heavy (non-hydrogen) atoms. The third-order valence-corrected chi connectivity index (χ3v) is 2.71. The molecule has 1 saturated heterocycles. The second kappa shape index (κ2) is 4.33. The summed E-state index contributed by atoms with van der Waals surface area (Å²) in [7, 11) is 0. The Hall–Kier alpha value is -1.22. The van der Waals surface area contributed by atoms with Crippen molar-refractivity contribution in [2.75, 3.05) is 37.6 Å². The first-order valence-electron chi connectivity index (χ1n) is 5.11. The summed E-state index contributed by atoms with van der Waals surface area (Å²) < 4.78 is 0. The molecule has 1 N–H and O–H groups in total. The normalized spacial score (nSPS) is 18.4. The molecule has 0 atom stereocenters. The van der Waals surface area contributed by atoms with Gasteiger partial charge in [0.2, 0.25) is 0 Å². The molecule has 0 unspecified atom stereocenters. The molecular formula is C11H17N3. The van der Waals surface area contributed by atoms with Crippen LogP contribution in [0.15, 0.2) is 31.1 Å². The number of aromatic amines is 1. The van der Waals surface area contributed by atoms with E-state index in [1.165, 1.54) is 5.69 Å². The van der Waals surface area contributed by atoms with E-state index in [1.807, 2.05) is 12.3 Å². The van der Waals surface area contributed by atoms with Crippen LogP contribution in [0.2, 0.25) is 0 Å². The smallest absolute Gasteiger partial charge is 0.0544 e. The van der Waals surface area contributed by atoms with Gasteiger partial charge in [-0.2, -0.15) is 0 Å². The lowest BCUT2D eigenvalue weighted by Crippen LogP contribution is -2.46. The van der Waals surface area contributed by atoms with Gasteiger partial charge in [0.05, 0.1) is 5.69 Å². The third kappa shape index (κ3) is 1.99. The molecule has 3 nitrogen and oxygen atoms in total. The van der Waals surface area contributed by atoms with Crippen LogP contribution in [-0.2, 0) is 0 Å². The molecule has 1 aliphatic rings. The topological polar surface area (TPSA) is 22.3 Å². The van der Waals surface area contributed by atoms with Gasteiger partial charge in [-0.1, -0.05) is 6.08 Å². The molecule has 1 aliphatic heterocycles. The van der Waals surface area contributed by atoms with Crippen molar-refractivity contribution in [2.45, 2.75) is 0 Å². The highest BCUT2D eigenvalue weighted by molar-refractivity contribution is 5.44. The number of rotatable bonds is 3. The third-order valence-electron chi connectivity index (χ3n) is 2.71. The fraction of sp³-hybridized carbons (Fsp3) is 0.455. The van der Waals surface area contributed by atoms with Crippen LogP contribution in [0.1, 0.15) is 0 Å². The first-order valence-corrected chi connectivity index (χ1v) is 5.11. The number of nitrogens with zero attached hydrogens (tertiary/aromatic N) is 2. The van der Waals surface area contributed by atoms with Gasteiger partial charge in [-0.25, -0.2) is 0 Å². The first kappa shape index (κ1) is 9.34. The van der Waals surface area contributed by atoms with E-state index in [1.54, 1.807) is 0 Å². The van der Waals surface area contributed by atoms with Crippen LogP contribution in [0.5, 0.6) is 0 Å². The lowest BCUT2D eigenvalue weighted by molar-refractivity contribution is 0.284. The summed E-state index contributed by atoms with van der Waals surface area (Å²) in [5, 5.41) is 0. The summed E-state index contributed by atoms with van der Waals surface area (Å²) in [6, 6.07) is 2.13. The zero-order valence-electron chi connectivity index (χ0n) is 8.45. The predicted molar refractivity (Wildman–Crippen MR) is 59.6 cm³/mol. The van der Waals surface area contributed by atoms with E-state index in [-0.39, 0.29) is 0 Å². The van der Waals surface area contributed by atoms with Crippen molar-refractivity contribution in [2.24, 2.45) is 0 Å². The summed E-state index contributed by atoms with van der Waals surface area (Å²) in [6.45, 7) is 9.28. The van der Waals surface area contributed by atoms with E-state index < -0.39 is 0 Å². The molecule has 2 heterocycles. The maximum absolute atomic E-state index is 3.76. The zero-order valence-corrected chi connectivity index (χ0v) is 8.45. The minimum atomic E-state index is 1.01. The van der Waals surface area contributed by atoms with Crippen molar-refractivity contribution in [3.63, 3.8) is 0 Å². The van der Waals surface area contributed by atoms with Crippen LogP contribution in [0.4, 0.5) is 5.69 Å². The molecule has 0 bridgehead atoms. The van der Waals surface area contributed by atoms with E-state index in [4.69, 9.17) is 0 Å². The summed E-state index contributed by atoms with van der Waals surface area (Å²) in [5.41, 5.74) is 1.31. The Kier molecular flexibility index (Phi) is 2.89. The van der Waals surface area contributed by atoms with Crippen LogP contribution in [0.25, 0.3) is 0 Å². The van der Waals surface area contributed by atoms with Gasteiger partial charge in [0.15, 0.2) is 0 Å². The van der Waals surface area contributed by atoms with E-state index in [0.717, 1.165) is 32.7 Å². The van der Waals surface area contributed by atoms with E-state index >= 15 is 0 Å². The highest BCUT2D eigenvalue weighted by Gasteiger charge is 2.15.